The van der Waals surface area contributed by atoms with Crippen LogP contribution in [0.1, 0.15) is 29.8 Å². The molecular weight excluding hydrogens is 162 g/mol. The lowest BCUT2D eigenvalue weighted by molar-refractivity contribution is 0.0654. The number of benzene rings is 1. The summed E-state index contributed by atoms with van der Waals surface area (Å²) in [4.78, 5) is 0. The minimum absolute atomic E-state index is 0.297. The minimum atomic E-state index is 0.297. The predicted octanol–water partition coefficient (Wildman–Crippen LogP) is 1.79. The number of ether oxygens (including phenoxy) is 1. The molecule has 0 aromatic heterocycles. The summed E-state index contributed by atoms with van der Waals surface area (Å²) in [6.07, 6.45) is 1.77. The lowest BCUT2D eigenvalue weighted by Crippen LogP contribution is -2.29. The smallest absolute Gasteiger partial charge is 0.0990 e. The third-order valence-corrected chi connectivity index (χ3v) is 3.16. The van der Waals surface area contributed by atoms with Gasteiger partial charge in [-0.3, -0.25) is 0 Å². The van der Waals surface area contributed by atoms with E-state index in [4.69, 9.17) is 4.74 Å². The Morgan fingerprint density at radius 3 is 2.85 bits per heavy atom. The van der Waals surface area contributed by atoms with E-state index in [2.05, 4.69) is 29.6 Å². The van der Waals surface area contributed by atoms with Crippen LogP contribution in [0.5, 0.6) is 0 Å². The van der Waals surface area contributed by atoms with Crippen LogP contribution in [0.25, 0.3) is 0 Å². The summed E-state index contributed by atoms with van der Waals surface area (Å²) < 4.78 is 5.88. The zero-order valence-corrected chi connectivity index (χ0v) is 7.66. The van der Waals surface area contributed by atoms with Crippen LogP contribution in [0.2, 0.25) is 0 Å². The van der Waals surface area contributed by atoms with E-state index in [0.29, 0.717) is 18.2 Å². The third-order valence-electron chi connectivity index (χ3n) is 3.16. The molecular formula is C11H13NO. The highest BCUT2D eigenvalue weighted by Gasteiger charge is 2.43. The minimum Gasteiger partial charge on any atom is -0.364 e. The van der Waals surface area contributed by atoms with Crippen molar-refractivity contribution in [3.63, 3.8) is 0 Å². The van der Waals surface area contributed by atoms with Gasteiger partial charge in [0.2, 0.25) is 0 Å². The van der Waals surface area contributed by atoms with Gasteiger partial charge in [-0.25, -0.2) is 0 Å². The highest BCUT2D eigenvalue weighted by Crippen LogP contribution is 2.50. The molecule has 0 aliphatic carbocycles. The molecule has 1 saturated heterocycles. The van der Waals surface area contributed by atoms with E-state index < -0.39 is 0 Å². The summed E-state index contributed by atoms with van der Waals surface area (Å²) in [5.74, 6) is 0. The van der Waals surface area contributed by atoms with Gasteiger partial charge in [-0.15, -0.1) is 0 Å². The van der Waals surface area contributed by atoms with Crippen LogP contribution in [-0.4, -0.2) is 13.1 Å². The van der Waals surface area contributed by atoms with Crippen LogP contribution in [0.4, 0.5) is 0 Å². The fourth-order valence-electron chi connectivity index (χ4n) is 2.50. The van der Waals surface area contributed by atoms with E-state index >= 15 is 0 Å². The Labute approximate surface area is 77.9 Å². The molecule has 0 spiro atoms. The lowest BCUT2D eigenvalue weighted by atomic mass is 9.88. The number of hydrogen-bond acceptors (Lipinski definition) is 2. The van der Waals surface area contributed by atoms with Crippen molar-refractivity contribution < 1.29 is 4.74 Å². The van der Waals surface area contributed by atoms with Crippen LogP contribution in [0.3, 0.4) is 0 Å². The standard InChI is InChI=1S/C11H13NO/c1-12-9-6-10-7-4-2-3-5-8(7)11(9)13-10/h2-5,9-12H,6H2,1H3/t9-,10?,11-/m1/s1. The van der Waals surface area contributed by atoms with E-state index in [9.17, 15) is 0 Å². The zero-order valence-electron chi connectivity index (χ0n) is 7.66. The number of fused-ring (bicyclic) bond motifs is 5. The largest absolute Gasteiger partial charge is 0.364 e. The molecule has 2 aliphatic rings. The molecule has 2 heterocycles. The van der Waals surface area contributed by atoms with Crippen molar-refractivity contribution in [2.24, 2.45) is 0 Å². The molecule has 2 bridgehead atoms. The molecule has 3 atom stereocenters. The van der Waals surface area contributed by atoms with Gasteiger partial charge in [0, 0.05) is 6.04 Å². The molecule has 1 aromatic carbocycles. The van der Waals surface area contributed by atoms with Crippen LogP contribution in [0, 0.1) is 0 Å². The number of rotatable bonds is 1. The van der Waals surface area contributed by atoms with Crippen molar-refractivity contribution >= 4 is 0 Å². The van der Waals surface area contributed by atoms with E-state index in [1.807, 2.05) is 7.05 Å². The normalized spacial score (nSPS) is 35.0. The molecule has 2 aliphatic heterocycles. The Morgan fingerprint density at radius 1 is 1.31 bits per heavy atom. The molecule has 3 rings (SSSR count). The molecule has 1 N–H and O–H groups in total. The number of likely N-dealkylation sites (N-methyl/N-ethyl adjacent to an activating group) is 1. The van der Waals surface area contributed by atoms with Crippen molar-refractivity contribution in [3.05, 3.63) is 35.4 Å². The summed E-state index contributed by atoms with van der Waals surface area (Å²) in [6, 6.07) is 9.07. The summed E-state index contributed by atoms with van der Waals surface area (Å²) >= 11 is 0. The second kappa shape index (κ2) is 2.56. The molecule has 2 nitrogen and oxygen atoms in total. The highest BCUT2D eigenvalue weighted by molar-refractivity contribution is 5.38. The van der Waals surface area contributed by atoms with Gasteiger partial charge >= 0.3 is 0 Å². The Kier molecular flexibility index (Phi) is 1.49. The number of hydrogen-bond donors (Lipinski definition) is 1. The summed E-state index contributed by atoms with van der Waals surface area (Å²) in [5.41, 5.74) is 2.79. The average Bonchev–Trinajstić information content (AvgIpc) is 2.75. The molecule has 1 fully saturated rings. The summed E-state index contributed by atoms with van der Waals surface area (Å²) in [7, 11) is 2.01. The molecule has 0 amide bonds. The lowest BCUT2D eigenvalue weighted by Gasteiger charge is -2.20. The maximum Gasteiger partial charge on any atom is 0.0990 e. The maximum absolute atomic E-state index is 5.88. The fraction of sp³-hybridized carbons (Fsp3) is 0.455. The van der Waals surface area contributed by atoms with Gasteiger partial charge in [0.15, 0.2) is 0 Å². The Morgan fingerprint density at radius 2 is 2.08 bits per heavy atom. The summed E-state index contributed by atoms with van der Waals surface area (Å²) in [5, 5.41) is 3.31. The van der Waals surface area contributed by atoms with Gasteiger partial charge < -0.3 is 10.1 Å². The first-order valence-corrected chi connectivity index (χ1v) is 4.81. The van der Waals surface area contributed by atoms with Gasteiger partial charge in [-0.2, -0.15) is 0 Å². The second-order valence-corrected chi connectivity index (χ2v) is 3.81. The Balaban J connectivity index is 2.07. The van der Waals surface area contributed by atoms with Crippen molar-refractivity contribution in [2.45, 2.75) is 24.7 Å². The van der Waals surface area contributed by atoms with Crippen molar-refractivity contribution in [3.8, 4) is 0 Å². The van der Waals surface area contributed by atoms with E-state index in [0.717, 1.165) is 6.42 Å². The first-order chi connectivity index (χ1) is 6.40. The van der Waals surface area contributed by atoms with E-state index in [-0.39, 0.29) is 0 Å². The van der Waals surface area contributed by atoms with Gasteiger partial charge in [0.1, 0.15) is 0 Å². The monoisotopic (exact) mass is 175 g/mol. The SMILES string of the molecule is CN[C@@H]1CC2O[C@@H]1c1ccccc12. The van der Waals surface area contributed by atoms with E-state index in [1.165, 1.54) is 11.1 Å². The number of nitrogens with one attached hydrogen (secondary N) is 1. The van der Waals surface area contributed by atoms with Gasteiger partial charge in [0.05, 0.1) is 12.2 Å². The molecule has 1 aromatic rings. The van der Waals surface area contributed by atoms with Crippen LogP contribution in [-0.2, 0) is 4.74 Å². The van der Waals surface area contributed by atoms with Crippen LogP contribution >= 0.6 is 0 Å². The maximum atomic E-state index is 5.88. The van der Waals surface area contributed by atoms with Crippen molar-refractivity contribution in [1.82, 2.24) is 5.32 Å². The van der Waals surface area contributed by atoms with Crippen molar-refractivity contribution in [1.29, 1.82) is 0 Å². The average molecular weight is 175 g/mol. The molecule has 68 valence electrons. The van der Waals surface area contributed by atoms with Crippen LogP contribution in [0.15, 0.2) is 24.3 Å². The Bertz CT molecular complexity index is 335. The van der Waals surface area contributed by atoms with Crippen molar-refractivity contribution in [2.75, 3.05) is 7.05 Å². The molecule has 0 saturated carbocycles. The zero-order chi connectivity index (χ0) is 8.84. The van der Waals surface area contributed by atoms with Gasteiger partial charge in [0.25, 0.3) is 0 Å². The quantitative estimate of drug-likeness (QED) is 0.702. The first kappa shape index (κ1) is 7.54. The molecule has 1 unspecified atom stereocenters. The summed E-state index contributed by atoms with van der Waals surface area (Å²) in [6.45, 7) is 0. The molecule has 0 radical (unpaired) electrons. The first-order valence-electron chi connectivity index (χ1n) is 4.81. The van der Waals surface area contributed by atoms with Gasteiger partial charge in [-0.1, -0.05) is 24.3 Å². The topological polar surface area (TPSA) is 21.3 Å². The molecule has 2 heteroatoms. The Hall–Kier alpha value is -0.860. The second-order valence-electron chi connectivity index (χ2n) is 3.81. The van der Waals surface area contributed by atoms with Gasteiger partial charge in [-0.05, 0) is 24.6 Å². The highest BCUT2D eigenvalue weighted by atomic mass is 16.5. The molecule has 13 heavy (non-hydrogen) atoms. The third kappa shape index (κ3) is 0.901. The van der Waals surface area contributed by atoms with Crippen LogP contribution < -0.4 is 5.32 Å². The fourth-order valence-corrected chi connectivity index (χ4v) is 2.50. The predicted molar refractivity (Wildman–Crippen MR) is 50.5 cm³/mol. The van der Waals surface area contributed by atoms with E-state index in [1.54, 1.807) is 0 Å².